The van der Waals surface area contributed by atoms with Crippen molar-refractivity contribution < 1.29 is 23.8 Å². The molecule has 1 atom stereocenters. The minimum Gasteiger partial charge on any atom is -0.480 e. The predicted molar refractivity (Wildman–Crippen MR) is 161 cm³/mol. The van der Waals surface area contributed by atoms with Gasteiger partial charge in [0.25, 0.3) is 0 Å². The van der Waals surface area contributed by atoms with Gasteiger partial charge in [0.1, 0.15) is 6.04 Å². The Hall–Kier alpha value is -2.24. The summed E-state index contributed by atoms with van der Waals surface area (Å²) in [7, 11) is -3.18. The normalized spacial score (nSPS) is 17.6. The highest BCUT2D eigenvalue weighted by Crippen LogP contribution is 2.61. The highest BCUT2D eigenvalue weighted by Gasteiger charge is 2.42. The molecule has 8 nitrogen and oxygen atoms in total. The van der Waals surface area contributed by atoms with Gasteiger partial charge in [-0.3, -0.25) is 24.0 Å². The van der Waals surface area contributed by atoms with E-state index >= 15 is 0 Å². The van der Waals surface area contributed by atoms with Crippen LogP contribution in [0.5, 0.6) is 0 Å². The molecule has 0 radical (unpaired) electrons. The van der Waals surface area contributed by atoms with E-state index < -0.39 is 28.5 Å². The van der Waals surface area contributed by atoms with Gasteiger partial charge in [0, 0.05) is 34.8 Å². The lowest BCUT2D eigenvalue weighted by Gasteiger charge is -2.42. The van der Waals surface area contributed by atoms with Crippen molar-refractivity contribution in [2.45, 2.75) is 81.2 Å². The van der Waals surface area contributed by atoms with Crippen LogP contribution in [0, 0.1) is 5.41 Å². The summed E-state index contributed by atoms with van der Waals surface area (Å²) < 4.78 is 23.6. The molecule has 1 aliphatic rings. The van der Waals surface area contributed by atoms with Crippen LogP contribution >= 0.6 is 22.4 Å². The smallest absolute Gasteiger partial charge is 0.321 e. The van der Waals surface area contributed by atoms with Gasteiger partial charge in [-0.1, -0.05) is 57.7 Å². The summed E-state index contributed by atoms with van der Waals surface area (Å²) in [5.74, 6) is -1.57. The van der Waals surface area contributed by atoms with Crippen LogP contribution < -0.4 is 16.0 Å². The molecule has 216 valence electrons. The van der Waals surface area contributed by atoms with Crippen molar-refractivity contribution in [3.8, 4) is 0 Å². The first-order valence-corrected chi connectivity index (χ1v) is 16.5. The zero-order valence-electron chi connectivity index (χ0n) is 23.2. The van der Waals surface area contributed by atoms with Crippen molar-refractivity contribution in [2.24, 2.45) is 11.1 Å². The highest BCUT2D eigenvalue weighted by molar-refractivity contribution is 8.24. The monoisotopic (exact) mass is 577 g/mol. The molecule has 6 N–H and O–H groups in total. The minimum absolute atomic E-state index is 0.144. The molecule has 0 aliphatic carbocycles. The lowest BCUT2D eigenvalue weighted by atomic mass is 9.79. The first-order chi connectivity index (χ1) is 18.6. The van der Waals surface area contributed by atoms with E-state index in [1.165, 1.54) is 11.8 Å². The van der Waals surface area contributed by atoms with Crippen molar-refractivity contribution in [1.82, 2.24) is 5.32 Å². The molecule has 0 spiro atoms. The molecular formula is C29H43N3O5S2. The van der Waals surface area contributed by atoms with Gasteiger partial charge >= 0.3 is 5.97 Å². The number of hydrogen-bond donors (Lipinski definition) is 5. The molecule has 10 heteroatoms. The van der Waals surface area contributed by atoms with Crippen LogP contribution in [0.4, 0.5) is 11.4 Å². The van der Waals surface area contributed by atoms with E-state index in [9.17, 15) is 23.8 Å². The number of carbonyl (C=O) groups is 2. The second-order valence-corrected chi connectivity index (χ2v) is 13.4. The van der Waals surface area contributed by atoms with Crippen molar-refractivity contribution >= 4 is 45.6 Å². The lowest BCUT2D eigenvalue weighted by Crippen LogP contribution is -2.39. The zero-order valence-corrected chi connectivity index (χ0v) is 24.8. The summed E-state index contributed by atoms with van der Waals surface area (Å²) in [6, 6.07) is 12.8. The molecule has 2 aromatic carbocycles. The maximum atomic E-state index is 11.8. The number of anilines is 2. The quantitative estimate of drug-likeness (QED) is 0.162. The molecule has 1 aliphatic heterocycles. The van der Waals surface area contributed by atoms with Gasteiger partial charge in [-0.15, -0.1) is 11.8 Å². The molecule has 3 rings (SSSR count). The van der Waals surface area contributed by atoms with Crippen LogP contribution in [0.3, 0.4) is 0 Å². The molecule has 2 aromatic rings. The van der Waals surface area contributed by atoms with Crippen LogP contribution in [-0.2, 0) is 16.1 Å². The topological polar surface area (TPSA) is 136 Å². The number of unbranched alkanes of at least 4 members (excludes halogenated alkanes) is 2. The van der Waals surface area contributed by atoms with Crippen molar-refractivity contribution in [3.63, 3.8) is 0 Å². The lowest BCUT2D eigenvalue weighted by molar-refractivity contribution is -0.141. The standard InChI is InChI=1S/C29H43N3O5S2/c1-4-6-13-29(14-7-5-2)19-32(22-11-9-8-10-12-22)24-17-25(38-3)21(15-26(24)39(36,37)20-29)18-31-23(28(34)35)16-27(30)33/h8-12,15,17,23,31,36-37H,4-7,13-14,16,18-20H2,1-3H3,(H2,30,33)(H,34,35). The first-order valence-electron chi connectivity index (χ1n) is 13.6. The minimum atomic E-state index is -3.18. The number of benzene rings is 2. The second kappa shape index (κ2) is 13.9. The summed E-state index contributed by atoms with van der Waals surface area (Å²) in [5, 5.41) is 12.5. The number of para-hydroxylation sites is 1. The summed E-state index contributed by atoms with van der Waals surface area (Å²) in [6.07, 6.45) is 7.53. The average Bonchev–Trinajstić information content (AvgIpc) is 3.00. The van der Waals surface area contributed by atoms with Gasteiger partial charge in [0.2, 0.25) is 5.91 Å². The Labute approximate surface area is 238 Å². The average molecular weight is 578 g/mol. The Bertz CT molecular complexity index is 1120. The molecule has 0 saturated heterocycles. The number of nitrogens with zero attached hydrogens (tertiary/aromatic N) is 1. The molecule has 0 bridgehead atoms. The summed E-state index contributed by atoms with van der Waals surface area (Å²) >= 11 is 1.51. The number of aliphatic carboxylic acids is 1. The SMILES string of the molecule is CCCCC1(CCCC)CN(c2ccccc2)c2cc(SC)c(CNC(CC(N)=O)C(=O)O)cc2S(O)(O)C1. The van der Waals surface area contributed by atoms with Crippen LogP contribution in [0.25, 0.3) is 0 Å². The molecule has 0 saturated carbocycles. The molecule has 0 fully saturated rings. The van der Waals surface area contributed by atoms with E-state index in [-0.39, 0.29) is 18.4 Å². The number of nitrogens with one attached hydrogen (secondary N) is 1. The third-order valence-electron chi connectivity index (χ3n) is 7.44. The molecular weight excluding hydrogens is 534 g/mol. The fourth-order valence-electron chi connectivity index (χ4n) is 5.41. The van der Waals surface area contributed by atoms with Gasteiger partial charge in [0.05, 0.1) is 17.0 Å². The number of rotatable bonds is 14. The first kappa shape index (κ1) is 31.3. The number of hydrogen-bond acceptors (Lipinski definition) is 7. The molecule has 1 unspecified atom stereocenters. The number of nitrogens with two attached hydrogens (primary N) is 1. The van der Waals surface area contributed by atoms with E-state index in [1.807, 2.05) is 36.6 Å². The Balaban J connectivity index is 2.14. The Morgan fingerprint density at radius 2 is 1.77 bits per heavy atom. The van der Waals surface area contributed by atoms with Gasteiger partial charge in [-0.05, 0) is 48.9 Å². The predicted octanol–water partition coefficient (Wildman–Crippen LogP) is 6.45. The number of primary amides is 1. The molecule has 39 heavy (non-hydrogen) atoms. The fourth-order valence-corrected chi connectivity index (χ4v) is 8.26. The van der Waals surface area contributed by atoms with E-state index in [0.717, 1.165) is 60.4 Å². The van der Waals surface area contributed by atoms with E-state index in [1.54, 1.807) is 0 Å². The number of carboxylic acid groups (broad SMARTS) is 1. The number of fused-ring (bicyclic) bond motifs is 1. The maximum absolute atomic E-state index is 11.8. The Morgan fingerprint density at radius 3 is 2.31 bits per heavy atom. The van der Waals surface area contributed by atoms with E-state index in [2.05, 4.69) is 36.2 Å². The van der Waals surface area contributed by atoms with Crippen LogP contribution in [0.15, 0.2) is 52.3 Å². The molecule has 0 aromatic heterocycles. The van der Waals surface area contributed by atoms with Crippen molar-refractivity contribution in [1.29, 1.82) is 0 Å². The van der Waals surface area contributed by atoms with Gasteiger partial charge < -0.3 is 15.7 Å². The van der Waals surface area contributed by atoms with Gasteiger partial charge in [-0.2, -0.15) is 10.6 Å². The van der Waals surface area contributed by atoms with Crippen LogP contribution in [-0.4, -0.2) is 50.7 Å². The zero-order chi connectivity index (χ0) is 28.6. The van der Waals surface area contributed by atoms with Crippen LogP contribution in [0.1, 0.15) is 64.4 Å². The summed E-state index contributed by atoms with van der Waals surface area (Å²) in [5.41, 5.74) is 7.50. The van der Waals surface area contributed by atoms with Crippen LogP contribution in [0.2, 0.25) is 0 Å². The van der Waals surface area contributed by atoms with Gasteiger partial charge in [0.15, 0.2) is 0 Å². The van der Waals surface area contributed by atoms with Crippen molar-refractivity contribution in [2.75, 3.05) is 23.5 Å². The highest BCUT2D eigenvalue weighted by atomic mass is 32.3. The molecule has 1 heterocycles. The summed E-state index contributed by atoms with van der Waals surface area (Å²) in [4.78, 5) is 26.7. The van der Waals surface area contributed by atoms with Crippen molar-refractivity contribution in [3.05, 3.63) is 48.0 Å². The fraction of sp³-hybridized carbons (Fsp3) is 0.517. The second-order valence-electron chi connectivity index (χ2n) is 10.5. The number of amides is 1. The Kier molecular flexibility index (Phi) is 11.1. The van der Waals surface area contributed by atoms with E-state index in [4.69, 9.17) is 5.73 Å². The largest absolute Gasteiger partial charge is 0.480 e. The third-order valence-corrected chi connectivity index (χ3v) is 10.3. The number of thioether (sulfide) groups is 1. The number of carboxylic acids is 1. The van der Waals surface area contributed by atoms with E-state index in [0.29, 0.717) is 17.2 Å². The maximum Gasteiger partial charge on any atom is 0.321 e. The third kappa shape index (κ3) is 7.91. The summed E-state index contributed by atoms with van der Waals surface area (Å²) in [6.45, 7) is 5.16. The Morgan fingerprint density at radius 1 is 1.13 bits per heavy atom. The molecule has 1 amide bonds. The van der Waals surface area contributed by atoms with Gasteiger partial charge in [-0.25, -0.2) is 0 Å². The number of carbonyl (C=O) groups excluding carboxylic acids is 1.